The van der Waals surface area contributed by atoms with Crippen molar-refractivity contribution in [2.45, 2.75) is 65.6 Å². The van der Waals surface area contributed by atoms with E-state index >= 15 is 0 Å². The van der Waals surface area contributed by atoms with Crippen LogP contribution in [0, 0.1) is 5.92 Å². The summed E-state index contributed by atoms with van der Waals surface area (Å²) in [6.07, 6.45) is 0.849. The summed E-state index contributed by atoms with van der Waals surface area (Å²) in [7, 11) is 1.84. The molecule has 30 heavy (non-hydrogen) atoms. The molecule has 2 heterocycles. The highest BCUT2D eigenvalue weighted by Crippen LogP contribution is 2.18. The van der Waals surface area contributed by atoms with Crippen LogP contribution in [0.3, 0.4) is 0 Å². The summed E-state index contributed by atoms with van der Waals surface area (Å²) >= 11 is 0. The molecule has 2 atom stereocenters. The minimum absolute atomic E-state index is 0.198. The summed E-state index contributed by atoms with van der Waals surface area (Å²) in [6, 6.07) is 1.03. The van der Waals surface area contributed by atoms with Crippen LogP contribution in [0.25, 0.3) is 0 Å². The van der Waals surface area contributed by atoms with E-state index < -0.39 is 5.60 Å². The molecule has 0 aromatic heterocycles. The van der Waals surface area contributed by atoms with E-state index in [9.17, 15) is 4.79 Å². The summed E-state index contributed by atoms with van der Waals surface area (Å²) < 4.78 is 5.47. The Morgan fingerprint density at radius 1 is 1.17 bits per heavy atom. The van der Waals surface area contributed by atoms with E-state index in [1.54, 1.807) is 0 Å². The third kappa shape index (κ3) is 7.95. The number of rotatable bonds is 6. The predicted molar refractivity (Wildman–Crippen MR) is 123 cm³/mol. The Kier molecular flexibility index (Phi) is 9.22. The summed E-state index contributed by atoms with van der Waals surface area (Å²) in [5.41, 5.74) is -0.435. The molecule has 8 heteroatoms. The Morgan fingerprint density at radius 3 is 2.37 bits per heavy atom. The second-order valence-electron chi connectivity index (χ2n) is 9.94. The van der Waals surface area contributed by atoms with Crippen molar-refractivity contribution in [1.82, 2.24) is 25.3 Å². The molecule has 2 N–H and O–H groups in total. The summed E-state index contributed by atoms with van der Waals surface area (Å²) in [6.45, 7) is 19.9. The fraction of sp³-hybridized carbons (Fsp3) is 0.909. The lowest BCUT2D eigenvalue weighted by atomic mass is 10.1. The molecule has 174 valence electrons. The standard InChI is InChI=1S/C22H44N6O2/c1-17(2)28-15-18(3)19(16-28)25-20(23-7)24-9-8-10-26-11-13-27(14-12-26)21(29)30-22(4,5)6/h17-19H,8-16H2,1-7H3,(H2,23,24,25). The highest BCUT2D eigenvalue weighted by Gasteiger charge is 2.31. The fourth-order valence-electron chi connectivity index (χ4n) is 3.97. The van der Waals surface area contributed by atoms with E-state index in [2.05, 4.69) is 46.2 Å². The molecule has 2 unspecified atom stereocenters. The van der Waals surface area contributed by atoms with E-state index in [-0.39, 0.29) is 6.09 Å². The van der Waals surface area contributed by atoms with Gasteiger partial charge >= 0.3 is 6.09 Å². The van der Waals surface area contributed by atoms with Crippen molar-refractivity contribution in [3.63, 3.8) is 0 Å². The first-order valence-corrected chi connectivity index (χ1v) is 11.5. The predicted octanol–water partition coefficient (Wildman–Crippen LogP) is 1.82. The van der Waals surface area contributed by atoms with Crippen molar-refractivity contribution in [2.24, 2.45) is 10.9 Å². The van der Waals surface area contributed by atoms with Crippen LogP contribution in [0.2, 0.25) is 0 Å². The van der Waals surface area contributed by atoms with Gasteiger partial charge in [0.1, 0.15) is 5.60 Å². The molecule has 8 nitrogen and oxygen atoms in total. The van der Waals surface area contributed by atoms with Gasteiger partial charge in [-0.3, -0.25) is 14.8 Å². The van der Waals surface area contributed by atoms with Gasteiger partial charge in [0.2, 0.25) is 0 Å². The van der Waals surface area contributed by atoms with Gasteiger partial charge in [0, 0.05) is 64.9 Å². The van der Waals surface area contributed by atoms with Crippen molar-refractivity contribution in [3.8, 4) is 0 Å². The number of hydrogen-bond donors (Lipinski definition) is 2. The van der Waals surface area contributed by atoms with Gasteiger partial charge in [-0.15, -0.1) is 0 Å². The number of nitrogens with one attached hydrogen (secondary N) is 2. The third-order valence-corrected chi connectivity index (χ3v) is 5.88. The maximum absolute atomic E-state index is 12.2. The Balaban J connectivity index is 1.62. The smallest absolute Gasteiger partial charge is 0.410 e. The number of amides is 1. The first kappa shape index (κ1) is 24.7. The first-order valence-electron chi connectivity index (χ1n) is 11.5. The van der Waals surface area contributed by atoms with Gasteiger partial charge < -0.3 is 20.3 Å². The molecule has 1 amide bonds. The molecule has 0 aromatic carbocycles. The van der Waals surface area contributed by atoms with Gasteiger partial charge in [0.15, 0.2) is 5.96 Å². The molecule has 2 fully saturated rings. The minimum Gasteiger partial charge on any atom is -0.444 e. The summed E-state index contributed by atoms with van der Waals surface area (Å²) in [4.78, 5) is 23.3. The van der Waals surface area contributed by atoms with E-state index in [0.717, 1.165) is 64.7 Å². The number of carbonyl (C=O) groups is 1. The highest BCUT2D eigenvalue weighted by atomic mass is 16.6. The lowest BCUT2D eigenvalue weighted by molar-refractivity contribution is 0.0145. The average Bonchev–Trinajstić information content (AvgIpc) is 3.04. The Hall–Kier alpha value is -1.54. The Morgan fingerprint density at radius 2 is 1.83 bits per heavy atom. The van der Waals surface area contributed by atoms with E-state index in [1.165, 1.54) is 0 Å². The van der Waals surface area contributed by atoms with Gasteiger partial charge in [-0.25, -0.2) is 4.79 Å². The number of guanidine groups is 1. The molecule has 2 aliphatic heterocycles. The summed E-state index contributed by atoms with van der Waals surface area (Å²) in [5, 5.41) is 7.06. The van der Waals surface area contributed by atoms with Crippen LogP contribution in [0.1, 0.15) is 48.0 Å². The number of hydrogen-bond acceptors (Lipinski definition) is 5. The van der Waals surface area contributed by atoms with E-state index in [1.807, 2.05) is 32.7 Å². The molecule has 0 aromatic rings. The zero-order valence-corrected chi connectivity index (χ0v) is 20.2. The highest BCUT2D eigenvalue weighted by molar-refractivity contribution is 5.80. The van der Waals surface area contributed by atoms with Crippen LogP contribution in [-0.2, 0) is 4.74 Å². The molecule has 0 spiro atoms. The average molecular weight is 425 g/mol. The van der Waals surface area contributed by atoms with E-state index in [0.29, 0.717) is 18.0 Å². The van der Waals surface area contributed by atoms with Crippen molar-refractivity contribution in [2.75, 3.05) is 59.4 Å². The van der Waals surface area contributed by atoms with Crippen LogP contribution in [0.5, 0.6) is 0 Å². The zero-order chi connectivity index (χ0) is 22.3. The lowest BCUT2D eigenvalue weighted by Gasteiger charge is -2.35. The molecular weight excluding hydrogens is 380 g/mol. The first-order chi connectivity index (χ1) is 14.1. The molecule has 2 saturated heterocycles. The van der Waals surface area contributed by atoms with Crippen molar-refractivity contribution in [3.05, 3.63) is 0 Å². The minimum atomic E-state index is -0.435. The molecule has 0 radical (unpaired) electrons. The number of ether oxygens (including phenoxy) is 1. The van der Waals surface area contributed by atoms with Crippen LogP contribution >= 0.6 is 0 Å². The molecule has 0 aliphatic carbocycles. The Labute approximate surface area is 183 Å². The summed E-state index contributed by atoms with van der Waals surface area (Å²) in [5.74, 6) is 1.51. The van der Waals surface area contributed by atoms with Crippen LogP contribution in [0.4, 0.5) is 4.79 Å². The second-order valence-corrected chi connectivity index (χ2v) is 9.94. The van der Waals surface area contributed by atoms with Gasteiger partial charge in [0.25, 0.3) is 0 Å². The number of aliphatic imine (C=N–C) groups is 1. The molecule has 2 rings (SSSR count). The molecule has 0 bridgehead atoms. The lowest BCUT2D eigenvalue weighted by Crippen LogP contribution is -2.50. The van der Waals surface area contributed by atoms with Crippen LogP contribution in [-0.4, -0.2) is 104 Å². The van der Waals surface area contributed by atoms with Gasteiger partial charge in [-0.1, -0.05) is 6.92 Å². The fourth-order valence-corrected chi connectivity index (χ4v) is 3.97. The van der Waals surface area contributed by atoms with Crippen LogP contribution < -0.4 is 10.6 Å². The monoisotopic (exact) mass is 424 g/mol. The molecular formula is C22H44N6O2. The van der Waals surface area contributed by atoms with Crippen molar-refractivity contribution >= 4 is 12.1 Å². The largest absolute Gasteiger partial charge is 0.444 e. The number of piperazine rings is 1. The second kappa shape index (κ2) is 11.2. The maximum atomic E-state index is 12.2. The number of likely N-dealkylation sites (tertiary alicyclic amines) is 1. The Bertz CT molecular complexity index is 566. The van der Waals surface area contributed by atoms with Crippen molar-refractivity contribution < 1.29 is 9.53 Å². The molecule has 2 aliphatic rings. The van der Waals surface area contributed by atoms with Gasteiger partial charge in [0.05, 0.1) is 0 Å². The SMILES string of the molecule is CN=C(NCCCN1CCN(C(=O)OC(C)(C)C)CC1)NC1CN(C(C)C)CC1C. The third-order valence-electron chi connectivity index (χ3n) is 5.88. The van der Waals surface area contributed by atoms with Gasteiger partial charge in [-0.2, -0.15) is 0 Å². The van der Waals surface area contributed by atoms with Crippen molar-refractivity contribution in [1.29, 1.82) is 0 Å². The zero-order valence-electron chi connectivity index (χ0n) is 20.2. The normalized spacial score (nSPS) is 24.4. The van der Waals surface area contributed by atoms with Crippen LogP contribution in [0.15, 0.2) is 4.99 Å². The maximum Gasteiger partial charge on any atom is 0.410 e. The number of carbonyl (C=O) groups excluding carboxylic acids is 1. The quantitative estimate of drug-likeness (QED) is 0.385. The number of nitrogens with zero attached hydrogens (tertiary/aromatic N) is 4. The van der Waals surface area contributed by atoms with E-state index in [4.69, 9.17) is 4.74 Å². The van der Waals surface area contributed by atoms with Gasteiger partial charge in [-0.05, 0) is 53.5 Å². The topological polar surface area (TPSA) is 72.4 Å². The molecule has 0 saturated carbocycles.